The van der Waals surface area contributed by atoms with E-state index in [9.17, 15) is 9.59 Å². The molecule has 0 unspecified atom stereocenters. The molecular formula is C19H19NO3. The van der Waals surface area contributed by atoms with Gasteiger partial charge in [-0.25, -0.2) is 4.90 Å². The highest BCUT2D eigenvalue weighted by Crippen LogP contribution is 2.73. The first kappa shape index (κ1) is 13.3. The summed E-state index contributed by atoms with van der Waals surface area (Å²) < 4.78 is 5.63. The molecule has 1 spiro atoms. The number of allylic oxidation sites excluding steroid dienone is 2. The molecule has 3 fully saturated rings. The Labute approximate surface area is 135 Å². The summed E-state index contributed by atoms with van der Waals surface area (Å²) in [5, 5.41) is 0. The van der Waals surface area contributed by atoms with Crippen molar-refractivity contribution < 1.29 is 14.3 Å². The molecule has 0 radical (unpaired) electrons. The predicted molar refractivity (Wildman–Crippen MR) is 84.9 cm³/mol. The highest BCUT2D eigenvalue weighted by Gasteiger charge is 2.73. The molecule has 1 aromatic carbocycles. The smallest absolute Gasteiger partial charge is 0.238 e. The summed E-state index contributed by atoms with van der Waals surface area (Å²) in [4.78, 5) is 27.5. The van der Waals surface area contributed by atoms with Crippen molar-refractivity contribution in [2.24, 2.45) is 29.1 Å². The molecule has 23 heavy (non-hydrogen) atoms. The molecule has 2 saturated carbocycles. The Hall–Kier alpha value is -2.10. The van der Waals surface area contributed by atoms with Gasteiger partial charge in [-0.2, -0.15) is 0 Å². The molecule has 2 bridgehead atoms. The number of ether oxygens (including phenoxy) is 1. The van der Waals surface area contributed by atoms with Gasteiger partial charge in [-0.05, 0) is 49.1 Å². The summed E-state index contributed by atoms with van der Waals surface area (Å²) in [6.45, 7) is 2.41. The van der Waals surface area contributed by atoms with Gasteiger partial charge in [0.2, 0.25) is 11.8 Å². The average Bonchev–Trinajstić information content (AvgIpc) is 3.15. The van der Waals surface area contributed by atoms with E-state index in [0.29, 0.717) is 18.0 Å². The van der Waals surface area contributed by atoms with Gasteiger partial charge in [-0.15, -0.1) is 0 Å². The van der Waals surface area contributed by atoms with Gasteiger partial charge in [0.15, 0.2) is 0 Å². The third-order valence-corrected chi connectivity index (χ3v) is 6.26. The number of imide groups is 1. The molecule has 1 aliphatic heterocycles. The lowest BCUT2D eigenvalue weighted by atomic mass is 9.85. The van der Waals surface area contributed by atoms with Crippen LogP contribution in [-0.4, -0.2) is 18.4 Å². The summed E-state index contributed by atoms with van der Waals surface area (Å²) in [6, 6.07) is 7.35. The van der Waals surface area contributed by atoms with Crippen LogP contribution in [0.4, 0.5) is 5.69 Å². The zero-order valence-corrected chi connectivity index (χ0v) is 13.1. The van der Waals surface area contributed by atoms with Crippen molar-refractivity contribution in [2.45, 2.75) is 19.8 Å². The van der Waals surface area contributed by atoms with E-state index >= 15 is 0 Å². The van der Waals surface area contributed by atoms with E-state index in [-0.39, 0.29) is 40.9 Å². The first-order valence-corrected chi connectivity index (χ1v) is 8.47. The van der Waals surface area contributed by atoms with Gasteiger partial charge < -0.3 is 4.74 Å². The van der Waals surface area contributed by atoms with Gasteiger partial charge >= 0.3 is 0 Å². The normalized spacial score (nSPS) is 35.3. The first-order chi connectivity index (χ1) is 11.2. The van der Waals surface area contributed by atoms with E-state index in [1.165, 1.54) is 17.7 Å². The Balaban J connectivity index is 1.56. The number of fused-ring (bicyclic) bond motifs is 3. The number of para-hydroxylation sites is 2. The number of carbonyl (C=O) groups excluding carboxylic acids is 2. The SMILES string of the molecule is CCOc1ccccc1N1C(=O)[C@@H]2[C@@H](C1=O)[C@H]1C=C[C@H]2C12CC2. The molecule has 2 amide bonds. The summed E-state index contributed by atoms with van der Waals surface area (Å²) in [5.74, 6) is 0.754. The van der Waals surface area contributed by atoms with Crippen molar-refractivity contribution >= 4 is 17.5 Å². The molecule has 118 valence electrons. The molecule has 1 saturated heterocycles. The fourth-order valence-electron chi connectivity index (χ4n) is 5.24. The largest absolute Gasteiger partial charge is 0.492 e. The molecule has 1 aromatic rings. The van der Waals surface area contributed by atoms with Crippen LogP contribution in [0.3, 0.4) is 0 Å². The maximum absolute atomic E-state index is 13.1. The number of anilines is 1. The van der Waals surface area contributed by atoms with Gasteiger partial charge in [0.05, 0.1) is 24.1 Å². The number of rotatable bonds is 3. The number of carbonyl (C=O) groups is 2. The first-order valence-electron chi connectivity index (χ1n) is 8.47. The van der Waals surface area contributed by atoms with Crippen LogP contribution in [-0.2, 0) is 9.59 Å². The Morgan fingerprint density at radius 2 is 1.70 bits per heavy atom. The molecular weight excluding hydrogens is 290 g/mol. The van der Waals surface area contributed by atoms with E-state index in [1.807, 2.05) is 31.2 Å². The lowest BCUT2D eigenvalue weighted by Crippen LogP contribution is -2.35. The van der Waals surface area contributed by atoms with Crippen molar-refractivity contribution in [3.63, 3.8) is 0 Å². The van der Waals surface area contributed by atoms with E-state index in [4.69, 9.17) is 4.74 Å². The van der Waals surface area contributed by atoms with Crippen LogP contribution in [0.15, 0.2) is 36.4 Å². The molecule has 0 N–H and O–H groups in total. The van der Waals surface area contributed by atoms with Crippen LogP contribution in [0.25, 0.3) is 0 Å². The monoisotopic (exact) mass is 309 g/mol. The lowest BCUT2D eigenvalue weighted by Gasteiger charge is -2.23. The minimum absolute atomic E-state index is 0.0321. The zero-order valence-electron chi connectivity index (χ0n) is 13.1. The van der Waals surface area contributed by atoms with Gasteiger partial charge in [-0.3, -0.25) is 9.59 Å². The minimum atomic E-state index is -0.158. The average molecular weight is 309 g/mol. The van der Waals surface area contributed by atoms with E-state index < -0.39 is 0 Å². The van der Waals surface area contributed by atoms with Crippen LogP contribution < -0.4 is 9.64 Å². The standard InChI is InChI=1S/C19H19NO3/c1-2-23-14-6-4-3-5-13(14)20-17(21)15-11-7-8-12(16(15)18(20)22)19(11)9-10-19/h3-8,11-12,15-16H,2,9-10H2,1H3/t11-,12-,15+,16+/m1/s1. The Morgan fingerprint density at radius 3 is 2.26 bits per heavy atom. The zero-order chi connectivity index (χ0) is 15.8. The van der Waals surface area contributed by atoms with E-state index in [0.717, 1.165) is 0 Å². The fraction of sp³-hybridized carbons (Fsp3) is 0.474. The quantitative estimate of drug-likeness (QED) is 0.637. The summed E-state index contributed by atoms with van der Waals surface area (Å²) in [5.41, 5.74) is 0.842. The van der Waals surface area contributed by atoms with E-state index in [2.05, 4.69) is 12.2 Å². The van der Waals surface area contributed by atoms with Gasteiger partial charge in [-0.1, -0.05) is 24.3 Å². The lowest BCUT2D eigenvalue weighted by molar-refractivity contribution is -0.123. The number of hydrogen-bond donors (Lipinski definition) is 0. The second kappa shape index (κ2) is 4.25. The molecule has 3 aliphatic carbocycles. The molecule has 0 aromatic heterocycles. The van der Waals surface area contributed by atoms with E-state index in [1.54, 1.807) is 0 Å². The Bertz CT molecular complexity index is 715. The molecule has 1 heterocycles. The second-order valence-corrected chi connectivity index (χ2v) is 7.13. The molecule has 4 nitrogen and oxygen atoms in total. The van der Waals surface area contributed by atoms with Crippen LogP contribution in [0.1, 0.15) is 19.8 Å². The van der Waals surface area contributed by atoms with Gasteiger partial charge in [0.1, 0.15) is 5.75 Å². The highest BCUT2D eigenvalue weighted by atomic mass is 16.5. The molecule has 4 heteroatoms. The maximum atomic E-state index is 13.1. The number of benzene rings is 1. The van der Waals surface area contributed by atoms with Crippen LogP contribution in [0, 0.1) is 29.1 Å². The van der Waals surface area contributed by atoms with Gasteiger partial charge in [0.25, 0.3) is 0 Å². The van der Waals surface area contributed by atoms with Crippen molar-refractivity contribution in [3.8, 4) is 5.75 Å². The predicted octanol–water partition coefficient (Wildman–Crippen LogP) is 2.79. The van der Waals surface area contributed by atoms with Gasteiger partial charge in [0, 0.05) is 0 Å². The van der Waals surface area contributed by atoms with Crippen molar-refractivity contribution in [1.29, 1.82) is 0 Å². The summed E-state index contributed by atoms with van der Waals surface area (Å²) in [7, 11) is 0. The fourth-order valence-corrected chi connectivity index (χ4v) is 5.24. The molecule has 5 rings (SSSR count). The summed E-state index contributed by atoms with van der Waals surface area (Å²) in [6.07, 6.45) is 6.72. The maximum Gasteiger partial charge on any atom is 0.238 e. The van der Waals surface area contributed by atoms with Crippen LogP contribution in [0.5, 0.6) is 5.75 Å². The van der Waals surface area contributed by atoms with Crippen molar-refractivity contribution in [2.75, 3.05) is 11.5 Å². The second-order valence-electron chi connectivity index (χ2n) is 7.13. The molecule has 4 atom stereocenters. The third kappa shape index (κ3) is 1.47. The minimum Gasteiger partial charge on any atom is -0.492 e. The number of hydrogen-bond acceptors (Lipinski definition) is 3. The highest BCUT2D eigenvalue weighted by molar-refractivity contribution is 6.23. The Kier molecular flexibility index (Phi) is 2.47. The molecule has 4 aliphatic rings. The topological polar surface area (TPSA) is 46.6 Å². The van der Waals surface area contributed by atoms with Crippen LogP contribution in [0.2, 0.25) is 0 Å². The third-order valence-electron chi connectivity index (χ3n) is 6.26. The van der Waals surface area contributed by atoms with Crippen molar-refractivity contribution in [1.82, 2.24) is 0 Å². The van der Waals surface area contributed by atoms with Crippen LogP contribution >= 0.6 is 0 Å². The summed E-state index contributed by atoms with van der Waals surface area (Å²) >= 11 is 0. The van der Waals surface area contributed by atoms with Crippen molar-refractivity contribution in [3.05, 3.63) is 36.4 Å². The number of nitrogens with zero attached hydrogens (tertiary/aromatic N) is 1. The number of amides is 2. The Morgan fingerprint density at radius 1 is 1.09 bits per heavy atom.